The summed E-state index contributed by atoms with van der Waals surface area (Å²) in [5, 5.41) is 0. The van der Waals surface area contributed by atoms with Gasteiger partial charge in [-0.3, -0.25) is 4.79 Å². The molecular weight excluding hydrogens is 296 g/mol. The molecule has 1 atom stereocenters. The van der Waals surface area contributed by atoms with Crippen molar-refractivity contribution in [3.05, 3.63) is 0 Å². The summed E-state index contributed by atoms with van der Waals surface area (Å²) in [7, 11) is 0. The number of hydrogen-bond donors (Lipinski definition) is 0. The van der Waals surface area contributed by atoms with Crippen LogP contribution >= 0.6 is 0 Å². The maximum atomic E-state index is 12.1. The van der Waals surface area contributed by atoms with Gasteiger partial charge in [0.2, 0.25) is 0 Å². The summed E-state index contributed by atoms with van der Waals surface area (Å²) in [5.74, 6) is 0.195. The first kappa shape index (κ1) is 23.5. The van der Waals surface area contributed by atoms with Crippen molar-refractivity contribution in [3.63, 3.8) is 0 Å². The van der Waals surface area contributed by atoms with Crippen molar-refractivity contribution >= 4 is 5.97 Å². The van der Waals surface area contributed by atoms with E-state index < -0.39 is 0 Å². The van der Waals surface area contributed by atoms with Crippen molar-refractivity contribution < 1.29 is 9.53 Å². The van der Waals surface area contributed by atoms with E-state index in [1.807, 2.05) is 6.92 Å². The first-order valence-corrected chi connectivity index (χ1v) is 10.9. The predicted octanol–water partition coefficient (Wildman–Crippen LogP) is 7.45. The molecule has 0 aromatic carbocycles. The van der Waals surface area contributed by atoms with Crippen LogP contribution in [0.25, 0.3) is 0 Å². The maximum Gasteiger partial charge on any atom is 0.308 e. The van der Waals surface area contributed by atoms with Crippen molar-refractivity contribution in [1.82, 2.24) is 0 Å². The monoisotopic (exact) mass is 340 g/mol. The van der Waals surface area contributed by atoms with Gasteiger partial charge in [-0.05, 0) is 19.8 Å². The Morgan fingerprint density at radius 2 is 1.00 bits per heavy atom. The van der Waals surface area contributed by atoms with Gasteiger partial charge in [0.1, 0.15) is 0 Å². The molecule has 0 radical (unpaired) electrons. The third-order valence-electron chi connectivity index (χ3n) is 4.93. The Morgan fingerprint density at radius 1 is 0.625 bits per heavy atom. The molecule has 0 saturated heterocycles. The summed E-state index contributed by atoms with van der Waals surface area (Å²) in [6.07, 6.45) is 20.5. The zero-order valence-corrected chi connectivity index (χ0v) is 16.9. The molecule has 0 heterocycles. The van der Waals surface area contributed by atoms with Crippen LogP contribution in [0.2, 0.25) is 0 Å². The Bertz CT molecular complexity index is 263. The lowest BCUT2D eigenvalue weighted by Gasteiger charge is -2.15. The van der Waals surface area contributed by atoms with Crippen LogP contribution in [0.4, 0.5) is 0 Å². The molecule has 0 aromatic heterocycles. The van der Waals surface area contributed by atoms with Crippen LogP contribution in [0.5, 0.6) is 0 Å². The van der Waals surface area contributed by atoms with Gasteiger partial charge in [0.25, 0.3) is 0 Å². The molecule has 0 aliphatic heterocycles. The number of esters is 1. The molecule has 0 saturated carbocycles. The molecule has 1 unspecified atom stereocenters. The molecule has 0 aliphatic rings. The second-order valence-corrected chi connectivity index (χ2v) is 7.27. The first-order valence-electron chi connectivity index (χ1n) is 10.9. The Balaban J connectivity index is 3.67. The molecule has 0 spiro atoms. The molecule has 0 aromatic rings. The van der Waals surface area contributed by atoms with Crippen LogP contribution in [-0.4, -0.2) is 12.6 Å². The van der Waals surface area contributed by atoms with Crippen LogP contribution < -0.4 is 0 Å². The molecule has 144 valence electrons. The van der Waals surface area contributed by atoms with E-state index in [-0.39, 0.29) is 11.9 Å². The fraction of sp³-hybridized carbons (Fsp3) is 0.955. The van der Waals surface area contributed by atoms with Gasteiger partial charge in [0.05, 0.1) is 12.5 Å². The van der Waals surface area contributed by atoms with Gasteiger partial charge < -0.3 is 4.74 Å². The topological polar surface area (TPSA) is 26.3 Å². The SMILES string of the molecule is CCCCCCCCCCCCC(CCCCCC)C(=O)OCC. The highest BCUT2D eigenvalue weighted by Gasteiger charge is 2.18. The molecule has 0 aliphatic carbocycles. The minimum atomic E-state index is 0.0462. The lowest BCUT2D eigenvalue weighted by molar-refractivity contribution is -0.148. The molecule has 0 bridgehead atoms. The van der Waals surface area contributed by atoms with E-state index in [0.29, 0.717) is 6.61 Å². The van der Waals surface area contributed by atoms with Gasteiger partial charge in [-0.2, -0.15) is 0 Å². The van der Waals surface area contributed by atoms with Crippen LogP contribution in [-0.2, 0) is 9.53 Å². The average molecular weight is 341 g/mol. The van der Waals surface area contributed by atoms with E-state index in [1.165, 1.54) is 89.9 Å². The Hall–Kier alpha value is -0.530. The van der Waals surface area contributed by atoms with Gasteiger partial charge in [0.15, 0.2) is 0 Å². The third-order valence-corrected chi connectivity index (χ3v) is 4.93. The molecule has 0 amide bonds. The fourth-order valence-corrected chi connectivity index (χ4v) is 3.34. The number of carbonyl (C=O) groups excluding carboxylic acids is 1. The fourth-order valence-electron chi connectivity index (χ4n) is 3.34. The highest BCUT2D eigenvalue weighted by Crippen LogP contribution is 2.20. The first-order chi connectivity index (χ1) is 11.8. The third kappa shape index (κ3) is 15.0. The minimum Gasteiger partial charge on any atom is -0.466 e. The minimum absolute atomic E-state index is 0.0462. The second kappa shape index (κ2) is 18.8. The molecule has 0 N–H and O–H groups in total. The van der Waals surface area contributed by atoms with Crippen molar-refractivity contribution in [3.8, 4) is 0 Å². The largest absolute Gasteiger partial charge is 0.466 e. The number of ether oxygens (including phenoxy) is 1. The molecule has 0 fully saturated rings. The summed E-state index contributed by atoms with van der Waals surface area (Å²) < 4.78 is 5.26. The Labute approximate surface area is 152 Å². The number of carbonyl (C=O) groups is 1. The van der Waals surface area contributed by atoms with E-state index >= 15 is 0 Å². The second-order valence-electron chi connectivity index (χ2n) is 7.27. The Kier molecular flexibility index (Phi) is 18.4. The van der Waals surface area contributed by atoms with Gasteiger partial charge >= 0.3 is 5.97 Å². The number of unbranched alkanes of at least 4 members (excludes halogenated alkanes) is 12. The summed E-state index contributed by atoms with van der Waals surface area (Å²) >= 11 is 0. The Morgan fingerprint density at radius 3 is 1.42 bits per heavy atom. The normalized spacial score (nSPS) is 12.3. The molecule has 2 heteroatoms. The van der Waals surface area contributed by atoms with Gasteiger partial charge in [0, 0.05) is 0 Å². The van der Waals surface area contributed by atoms with Crippen LogP contribution in [0.15, 0.2) is 0 Å². The van der Waals surface area contributed by atoms with Crippen molar-refractivity contribution in [2.75, 3.05) is 6.61 Å². The number of hydrogen-bond acceptors (Lipinski definition) is 2. The quantitative estimate of drug-likeness (QED) is 0.191. The van der Waals surface area contributed by atoms with Crippen LogP contribution in [0.3, 0.4) is 0 Å². The maximum absolute atomic E-state index is 12.1. The zero-order chi connectivity index (χ0) is 17.9. The van der Waals surface area contributed by atoms with E-state index in [4.69, 9.17) is 4.74 Å². The summed E-state index contributed by atoms with van der Waals surface area (Å²) in [6, 6.07) is 0. The van der Waals surface area contributed by atoms with Gasteiger partial charge in [-0.1, -0.05) is 104 Å². The van der Waals surface area contributed by atoms with Gasteiger partial charge in [-0.25, -0.2) is 0 Å². The zero-order valence-electron chi connectivity index (χ0n) is 16.9. The van der Waals surface area contributed by atoms with E-state index in [0.717, 1.165) is 12.8 Å². The van der Waals surface area contributed by atoms with Crippen LogP contribution in [0.1, 0.15) is 124 Å². The van der Waals surface area contributed by atoms with Crippen molar-refractivity contribution in [1.29, 1.82) is 0 Å². The molecule has 2 nitrogen and oxygen atoms in total. The van der Waals surface area contributed by atoms with Crippen molar-refractivity contribution in [2.45, 2.75) is 124 Å². The summed E-state index contributed by atoms with van der Waals surface area (Å²) in [4.78, 5) is 12.1. The lowest BCUT2D eigenvalue weighted by Crippen LogP contribution is -2.18. The standard InChI is InChI=1S/C22H44O2/c1-4-7-9-11-12-13-14-15-16-18-20-21(22(23)24-6-3)19-17-10-8-5-2/h21H,4-20H2,1-3H3. The highest BCUT2D eigenvalue weighted by molar-refractivity contribution is 5.72. The molecular formula is C22H44O2. The van der Waals surface area contributed by atoms with Crippen molar-refractivity contribution in [2.24, 2.45) is 5.92 Å². The smallest absolute Gasteiger partial charge is 0.308 e. The predicted molar refractivity (Wildman–Crippen MR) is 105 cm³/mol. The number of rotatable bonds is 18. The summed E-state index contributed by atoms with van der Waals surface area (Å²) in [6.45, 7) is 6.93. The molecule has 24 heavy (non-hydrogen) atoms. The van der Waals surface area contributed by atoms with Gasteiger partial charge in [-0.15, -0.1) is 0 Å². The lowest BCUT2D eigenvalue weighted by atomic mass is 9.94. The average Bonchev–Trinajstić information content (AvgIpc) is 2.58. The van der Waals surface area contributed by atoms with E-state index in [2.05, 4.69) is 13.8 Å². The van der Waals surface area contributed by atoms with E-state index in [9.17, 15) is 4.79 Å². The molecule has 0 rings (SSSR count). The van der Waals surface area contributed by atoms with Crippen LogP contribution in [0, 0.1) is 5.92 Å². The van der Waals surface area contributed by atoms with E-state index in [1.54, 1.807) is 0 Å². The summed E-state index contributed by atoms with van der Waals surface area (Å²) in [5.41, 5.74) is 0. The highest BCUT2D eigenvalue weighted by atomic mass is 16.5.